The number of fused-ring (bicyclic) bond motifs is 1. The molecule has 0 spiro atoms. The molecular formula is C18H16O5S. The maximum absolute atomic E-state index is 12.9. The molecule has 24 heavy (non-hydrogen) atoms. The van der Waals surface area contributed by atoms with Crippen LogP contribution in [0.3, 0.4) is 0 Å². The number of benzene rings is 2. The molecule has 0 radical (unpaired) electrons. The second-order valence-electron chi connectivity index (χ2n) is 6.17. The van der Waals surface area contributed by atoms with Crippen molar-refractivity contribution < 1.29 is 22.7 Å². The van der Waals surface area contributed by atoms with E-state index in [4.69, 9.17) is 9.47 Å². The normalized spacial score (nSPS) is 24.6. The molecule has 2 aromatic rings. The van der Waals surface area contributed by atoms with Gasteiger partial charge in [-0.15, -0.1) is 0 Å². The summed E-state index contributed by atoms with van der Waals surface area (Å²) in [4.78, 5) is 11.7. The first kappa shape index (κ1) is 15.2. The van der Waals surface area contributed by atoms with Gasteiger partial charge in [0.25, 0.3) is 0 Å². The molecule has 1 heterocycles. The molecule has 0 amide bonds. The van der Waals surface area contributed by atoms with E-state index >= 15 is 0 Å². The molecular weight excluding hydrogens is 328 g/mol. The number of rotatable bonds is 4. The minimum atomic E-state index is -3.56. The van der Waals surface area contributed by atoms with Crippen molar-refractivity contribution in [1.29, 1.82) is 0 Å². The van der Waals surface area contributed by atoms with Gasteiger partial charge in [-0.3, -0.25) is 0 Å². The van der Waals surface area contributed by atoms with E-state index in [-0.39, 0.29) is 17.6 Å². The molecule has 0 aromatic heterocycles. The predicted molar refractivity (Wildman–Crippen MR) is 87.0 cm³/mol. The number of hydrogen-bond donors (Lipinski definition) is 0. The van der Waals surface area contributed by atoms with Crippen LogP contribution >= 0.6 is 0 Å². The fourth-order valence-electron chi connectivity index (χ4n) is 3.28. The summed E-state index contributed by atoms with van der Waals surface area (Å²) < 4.78 is 36.4. The molecule has 1 fully saturated rings. The summed E-state index contributed by atoms with van der Waals surface area (Å²) in [7, 11) is -3.56. The molecule has 5 nitrogen and oxygen atoms in total. The fourth-order valence-corrected chi connectivity index (χ4v) is 5.40. The third-order valence-electron chi connectivity index (χ3n) is 4.65. The van der Waals surface area contributed by atoms with Crippen LogP contribution in [0.15, 0.2) is 47.4 Å². The van der Waals surface area contributed by atoms with Crippen molar-refractivity contribution in [3.05, 3.63) is 53.6 Å². The monoisotopic (exact) mass is 344 g/mol. The Morgan fingerprint density at radius 2 is 1.75 bits per heavy atom. The summed E-state index contributed by atoms with van der Waals surface area (Å²) in [6.07, 6.45) is 0.742. The van der Waals surface area contributed by atoms with Crippen LogP contribution in [0.25, 0.3) is 0 Å². The molecule has 4 rings (SSSR count). The highest BCUT2D eigenvalue weighted by atomic mass is 32.2. The van der Waals surface area contributed by atoms with Crippen molar-refractivity contribution in [3.63, 3.8) is 0 Å². The summed E-state index contributed by atoms with van der Waals surface area (Å²) in [6, 6.07) is 12.1. The third kappa shape index (κ3) is 2.29. The molecule has 0 bridgehead atoms. The molecule has 2 aromatic carbocycles. The Bertz CT molecular complexity index is 902. The van der Waals surface area contributed by atoms with Gasteiger partial charge in [0.05, 0.1) is 10.1 Å². The van der Waals surface area contributed by atoms with Gasteiger partial charge in [0.15, 0.2) is 21.3 Å². The van der Waals surface area contributed by atoms with E-state index in [2.05, 4.69) is 0 Å². The average Bonchev–Trinajstić information content (AvgIpc) is 3.15. The number of aryl methyl sites for hydroxylation is 1. The van der Waals surface area contributed by atoms with E-state index in [1.807, 2.05) is 6.92 Å². The lowest BCUT2D eigenvalue weighted by atomic mass is 10.1. The minimum absolute atomic E-state index is 0.158. The number of ether oxygens (including phenoxy) is 2. The SMILES string of the molecule is Cc1ccc(S(=O)(=O)C2C(C=O)C2c2ccc3c(c2)OCO3)cc1. The van der Waals surface area contributed by atoms with Gasteiger partial charge < -0.3 is 14.3 Å². The lowest BCUT2D eigenvalue weighted by Crippen LogP contribution is -2.11. The molecule has 2 aliphatic rings. The van der Waals surface area contributed by atoms with E-state index in [1.54, 1.807) is 42.5 Å². The molecule has 3 unspecified atom stereocenters. The largest absolute Gasteiger partial charge is 0.454 e. The van der Waals surface area contributed by atoms with Gasteiger partial charge in [-0.1, -0.05) is 23.8 Å². The van der Waals surface area contributed by atoms with Crippen molar-refractivity contribution in [3.8, 4) is 11.5 Å². The number of hydrogen-bond acceptors (Lipinski definition) is 5. The lowest BCUT2D eigenvalue weighted by molar-refractivity contribution is -0.108. The Kier molecular flexibility index (Phi) is 3.38. The van der Waals surface area contributed by atoms with E-state index in [1.165, 1.54) is 0 Å². The quantitative estimate of drug-likeness (QED) is 0.797. The molecule has 1 aliphatic heterocycles. The predicted octanol–water partition coefficient (Wildman–Crippen LogP) is 2.48. The third-order valence-corrected chi connectivity index (χ3v) is 6.91. The molecule has 124 valence electrons. The van der Waals surface area contributed by atoms with Crippen LogP contribution in [-0.2, 0) is 14.6 Å². The topological polar surface area (TPSA) is 69.7 Å². The van der Waals surface area contributed by atoms with E-state index in [0.29, 0.717) is 11.5 Å². The number of aldehydes is 1. The average molecular weight is 344 g/mol. The van der Waals surface area contributed by atoms with Crippen molar-refractivity contribution in [2.24, 2.45) is 5.92 Å². The fraction of sp³-hybridized carbons (Fsp3) is 0.278. The van der Waals surface area contributed by atoms with Crippen LogP contribution < -0.4 is 9.47 Å². The van der Waals surface area contributed by atoms with Gasteiger partial charge in [-0.2, -0.15) is 0 Å². The molecule has 6 heteroatoms. The standard InChI is InChI=1S/C18H16O5S/c1-11-2-5-13(6-3-11)24(20,21)18-14(9-19)17(18)12-4-7-15-16(8-12)23-10-22-15/h2-9,14,17-18H,10H2,1H3. The first-order valence-corrected chi connectivity index (χ1v) is 9.22. The Hall–Kier alpha value is -2.34. The second-order valence-corrected chi connectivity index (χ2v) is 8.28. The van der Waals surface area contributed by atoms with E-state index in [9.17, 15) is 13.2 Å². The zero-order valence-electron chi connectivity index (χ0n) is 13.0. The maximum Gasteiger partial charge on any atom is 0.231 e. The van der Waals surface area contributed by atoms with E-state index < -0.39 is 21.0 Å². The van der Waals surface area contributed by atoms with Gasteiger partial charge in [-0.25, -0.2) is 8.42 Å². The summed E-state index contributed by atoms with van der Waals surface area (Å²) >= 11 is 0. The smallest absolute Gasteiger partial charge is 0.231 e. The highest BCUT2D eigenvalue weighted by Crippen LogP contribution is 2.54. The molecule has 1 saturated carbocycles. The Balaban J connectivity index is 1.68. The van der Waals surface area contributed by atoms with Crippen LogP contribution in [0.4, 0.5) is 0 Å². The van der Waals surface area contributed by atoms with Crippen LogP contribution in [0.2, 0.25) is 0 Å². The summed E-state index contributed by atoms with van der Waals surface area (Å²) in [5, 5.41) is -0.724. The highest BCUT2D eigenvalue weighted by molar-refractivity contribution is 7.92. The van der Waals surface area contributed by atoms with Crippen LogP contribution in [0.1, 0.15) is 17.0 Å². The molecule has 0 N–H and O–H groups in total. The van der Waals surface area contributed by atoms with Crippen LogP contribution in [0.5, 0.6) is 11.5 Å². The second kappa shape index (κ2) is 5.34. The number of carbonyl (C=O) groups is 1. The summed E-state index contributed by atoms with van der Waals surface area (Å²) in [6.45, 7) is 2.06. The van der Waals surface area contributed by atoms with Crippen molar-refractivity contribution in [2.45, 2.75) is 23.0 Å². The maximum atomic E-state index is 12.9. The lowest BCUT2D eigenvalue weighted by Gasteiger charge is -2.05. The molecule has 1 aliphatic carbocycles. The summed E-state index contributed by atoms with van der Waals surface area (Å²) in [5.41, 5.74) is 1.78. The Morgan fingerprint density at radius 1 is 1.04 bits per heavy atom. The van der Waals surface area contributed by atoms with Crippen molar-refractivity contribution in [2.75, 3.05) is 6.79 Å². The highest BCUT2D eigenvalue weighted by Gasteiger charge is 2.59. The van der Waals surface area contributed by atoms with Gasteiger partial charge in [0.1, 0.15) is 6.29 Å². The summed E-state index contributed by atoms with van der Waals surface area (Å²) in [5.74, 6) is 0.357. The zero-order valence-corrected chi connectivity index (χ0v) is 13.8. The van der Waals surface area contributed by atoms with Crippen molar-refractivity contribution >= 4 is 16.1 Å². The van der Waals surface area contributed by atoms with E-state index in [0.717, 1.165) is 17.4 Å². The molecule has 0 saturated heterocycles. The molecule has 3 atom stereocenters. The zero-order chi connectivity index (χ0) is 16.9. The van der Waals surface area contributed by atoms with Gasteiger partial charge in [-0.05, 0) is 36.8 Å². The first-order valence-electron chi connectivity index (χ1n) is 7.68. The van der Waals surface area contributed by atoms with Gasteiger partial charge >= 0.3 is 0 Å². The Morgan fingerprint density at radius 3 is 2.46 bits per heavy atom. The number of sulfone groups is 1. The van der Waals surface area contributed by atoms with Gasteiger partial charge in [0, 0.05) is 11.8 Å². The Labute approximate surface area is 140 Å². The van der Waals surface area contributed by atoms with Gasteiger partial charge in [0.2, 0.25) is 6.79 Å². The first-order chi connectivity index (χ1) is 11.5. The minimum Gasteiger partial charge on any atom is -0.454 e. The number of carbonyl (C=O) groups excluding carboxylic acids is 1. The van der Waals surface area contributed by atoms with Crippen LogP contribution in [0, 0.1) is 12.8 Å². The van der Waals surface area contributed by atoms with Crippen LogP contribution in [-0.4, -0.2) is 26.7 Å². The van der Waals surface area contributed by atoms with Crippen molar-refractivity contribution in [1.82, 2.24) is 0 Å².